The number of thiophene rings is 1. The molecule has 0 saturated carbocycles. The Kier molecular flexibility index (Phi) is 2.79. The van der Waals surface area contributed by atoms with Crippen molar-refractivity contribution in [1.29, 1.82) is 0 Å². The normalized spacial score (nSPS) is 17.1. The van der Waals surface area contributed by atoms with Gasteiger partial charge in [0, 0.05) is 9.58 Å². The molecule has 0 fully saturated rings. The van der Waals surface area contributed by atoms with Crippen LogP contribution in [-0.4, -0.2) is 0 Å². The molecule has 0 spiro atoms. The first kappa shape index (κ1) is 10.1. The molecule has 1 aliphatic rings. The Morgan fingerprint density at radius 1 is 1.00 bits per heavy atom. The van der Waals surface area contributed by atoms with Gasteiger partial charge in [0.1, 0.15) is 0 Å². The van der Waals surface area contributed by atoms with E-state index in [0.29, 0.717) is 0 Å². The molecule has 0 aliphatic heterocycles. The number of hydrogen-bond acceptors (Lipinski definition) is 1. The highest BCUT2D eigenvalue weighted by Crippen LogP contribution is 2.34. The Morgan fingerprint density at radius 3 is 2.88 bits per heavy atom. The van der Waals surface area contributed by atoms with E-state index in [4.69, 9.17) is 0 Å². The van der Waals surface area contributed by atoms with Crippen LogP contribution < -0.4 is 0 Å². The summed E-state index contributed by atoms with van der Waals surface area (Å²) in [5.74, 6) is 0. The highest BCUT2D eigenvalue weighted by Gasteiger charge is 2.08. The number of fused-ring (bicyclic) bond motifs is 1. The van der Waals surface area contributed by atoms with Gasteiger partial charge < -0.3 is 0 Å². The lowest BCUT2D eigenvalue weighted by Gasteiger charge is -2.00. The third-order valence-electron chi connectivity index (χ3n) is 3.28. The maximum Gasteiger partial charge on any atom is 0.0349 e. The summed E-state index contributed by atoms with van der Waals surface area (Å²) in [6.07, 6.45) is 9.12. The molecule has 0 bridgehead atoms. The van der Waals surface area contributed by atoms with E-state index in [1.165, 1.54) is 47.1 Å². The van der Waals surface area contributed by atoms with E-state index in [1.807, 2.05) is 11.3 Å². The molecule has 0 unspecified atom stereocenters. The molecule has 0 radical (unpaired) electrons. The number of rotatable bonds is 1. The molecule has 3 rings (SSSR count). The van der Waals surface area contributed by atoms with Crippen LogP contribution in [0, 0.1) is 0 Å². The summed E-state index contributed by atoms with van der Waals surface area (Å²) in [7, 11) is 0. The Labute approximate surface area is 101 Å². The van der Waals surface area contributed by atoms with Crippen LogP contribution in [-0.2, 0) is 0 Å². The lowest BCUT2D eigenvalue weighted by atomic mass is 10.1. The van der Waals surface area contributed by atoms with Crippen LogP contribution >= 0.6 is 11.3 Å². The van der Waals surface area contributed by atoms with E-state index in [2.05, 4.69) is 36.4 Å². The first-order valence-electron chi connectivity index (χ1n) is 6.11. The number of hydrogen-bond donors (Lipinski definition) is 0. The predicted molar refractivity (Wildman–Crippen MR) is 72.9 cm³/mol. The van der Waals surface area contributed by atoms with Crippen molar-refractivity contribution in [2.24, 2.45) is 0 Å². The second-order valence-corrected chi connectivity index (χ2v) is 5.56. The lowest BCUT2D eigenvalue weighted by Crippen LogP contribution is -1.77. The fraction of sp³-hybridized carbons (Fsp3) is 0.333. The zero-order valence-electron chi connectivity index (χ0n) is 9.41. The van der Waals surface area contributed by atoms with E-state index < -0.39 is 0 Å². The number of allylic oxidation sites excluding steroid dienone is 2. The average Bonchev–Trinajstić information content (AvgIpc) is 2.56. The monoisotopic (exact) mass is 228 g/mol. The summed E-state index contributed by atoms with van der Waals surface area (Å²) >= 11 is 1.94. The van der Waals surface area contributed by atoms with Gasteiger partial charge in [0.05, 0.1) is 0 Å². The van der Waals surface area contributed by atoms with Gasteiger partial charge in [-0.2, -0.15) is 0 Å². The molecule has 2 aromatic rings. The smallest absolute Gasteiger partial charge is 0.0349 e. The van der Waals surface area contributed by atoms with E-state index in [1.54, 1.807) is 5.57 Å². The van der Waals surface area contributed by atoms with Gasteiger partial charge in [-0.25, -0.2) is 0 Å². The molecule has 0 nitrogen and oxygen atoms in total. The second kappa shape index (κ2) is 4.42. The molecule has 0 saturated heterocycles. The van der Waals surface area contributed by atoms with Gasteiger partial charge in [0.2, 0.25) is 0 Å². The van der Waals surface area contributed by atoms with Crippen molar-refractivity contribution in [3.05, 3.63) is 41.3 Å². The zero-order valence-corrected chi connectivity index (χ0v) is 10.2. The fourth-order valence-corrected chi connectivity index (χ4v) is 3.51. The van der Waals surface area contributed by atoms with Gasteiger partial charge in [-0.3, -0.25) is 0 Å². The van der Waals surface area contributed by atoms with Gasteiger partial charge in [-0.05, 0) is 48.8 Å². The van der Waals surface area contributed by atoms with Crippen LogP contribution in [0.25, 0.3) is 15.7 Å². The molecule has 1 heterocycles. The Balaban J connectivity index is 2.01. The Bertz CT molecular complexity index is 486. The summed E-state index contributed by atoms with van der Waals surface area (Å²) in [4.78, 5) is 1.49. The third kappa shape index (κ3) is 1.92. The maximum atomic E-state index is 2.46. The summed E-state index contributed by atoms with van der Waals surface area (Å²) < 4.78 is 1.42. The average molecular weight is 228 g/mol. The highest BCUT2D eigenvalue weighted by atomic mass is 32.1. The molecule has 1 heteroatoms. The molecule has 0 atom stereocenters. The van der Waals surface area contributed by atoms with Crippen molar-refractivity contribution in [2.45, 2.75) is 32.1 Å². The summed E-state index contributed by atoms with van der Waals surface area (Å²) in [5, 5.41) is 1.40. The van der Waals surface area contributed by atoms with Crippen LogP contribution in [0.5, 0.6) is 0 Å². The van der Waals surface area contributed by atoms with Crippen LogP contribution in [0.3, 0.4) is 0 Å². The first-order chi connectivity index (χ1) is 7.93. The largest absolute Gasteiger partial charge is 0.136 e. The first-order valence-corrected chi connectivity index (χ1v) is 6.93. The zero-order chi connectivity index (χ0) is 10.8. The molecule has 0 amide bonds. The van der Waals surface area contributed by atoms with Crippen molar-refractivity contribution in [3.63, 3.8) is 0 Å². The summed E-state index contributed by atoms with van der Waals surface area (Å²) in [6.45, 7) is 0. The van der Waals surface area contributed by atoms with Crippen molar-refractivity contribution in [3.8, 4) is 0 Å². The van der Waals surface area contributed by atoms with E-state index in [0.717, 1.165) is 0 Å². The third-order valence-corrected chi connectivity index (χ3v) is 4.47. The van der Waals surface area contributed by atoms with Gasteiger partial charge in [-0.15, -0.1) is 11.3 Å². The van der Waals surface area contributed by atoms with Gasteiger partial charge in [-0.1, -0.05) is 30.7 Å². The second-order valence-electron chi connectivity index (χ2n) is 4.48. The molecule has 0 N–H and O–H groups in total. The van der Waals surface area contributed by atoms with Crippen molar-refractivity contribution in [2.75, 3.05) is 0 Å². The molecule has 1 aromatic carbocycles. The predicted octanol–water partition coefficient (Wildman–Crippen LogP) is 5.25. The molecule has 1 aromatic heterocycles. The SMILES string of the molecule is C1=C(c2cc3ccccc3s2)CCCCC1. The van der Waals surface area contributed by atoms with Gasteiger partial charge in [0.25, 0.3) is 0 Å². The lowest BCUT2D eigenvalue weighted by molar-refractivity contribution is 0.720. The fourth-order valence-electron chi connectivity index (χ4n) is 2.38. The van der Waals surface area contributed by atoms with E-state index >= 15 is 0 Å². The van der Waals surface area contributed by atoms with Crippen LogP contribution in [0.4, 0.5) is 0 Å². The van der Waals surface area contributed by atoms with Gasteiger partial charge >= 0.3 is 0 Å². The minimum Gasteiger partial charge on any atom is -0.136 e. The van der Waals surface area contributed by atoms with Crippen molar-refractivity contribution < 1.29 is 0 Å². The van der Waals surface area contributed by atoms with E-state index in [-0.39, 0.29) is 0 Å². The maximum absolute atomic E-state index is 2.46. The summed E-state index contributed by atoms with van der Waals surface area (Å²) in [6, 6.07) is 11.1. The standard InChI is InChI=1S/C15H16S/c1-2-4-8-12(7-3-1)15-11-13-9-5-6-10-14(13)16-15/h5-7,9-11H,1-4,8H2. The van der Waals surface area contributed by atoms with Crippen LogP contribution in [0.2, 0.25) is 0 Å². The van der Waals surface area contributed by atoms with Crippen LogP contribution in [0.1, 0.15) is 37.0 Å². The van der Waals surface area contributed by atoms with Crippen LogP contribution in [0.15, 0.2) is 36.4 Å². The Morgan fingerprint density at radius 2 is 1.94 bits per heavy atom. The Hall–Kier alpha value is -1.08. The number of benzene rings is 1. The minimum atomic E-state index is 1.27. The molecule has 16 heavy (non-hydrogen) atoms. The molecular formula is C15H16S. The van der Waals surface area contributed by atoms with E-state index in [9.17, 15) is 0 Å². The summed E-state index contributed by atoms with van der Waals surface area (Å²) in [5.41, 5.74) is 1.58. The molecule has 1 aliphatic carbocycles. The molecule has 82 valence electrons. The van der Waals surface area contributed by atoms with Crippen molar-refractivity contribution in [1.82, 2.24) is 0 Å². The van der Waals surface area contributed by atoms with Crippen molar-refractivity contribution >= 4 is 27.0 Å². The minimum absolute atomic E-state index is 1.27. The molecular weight excluding hydrogens is 212 g/mol. The highest BCUT2D eigenvalue weighted by molar-refractivity contribution is 7.20. The van der Waals surface area contributed by atoms with Gasteiger partial charge in [0.15, 0.2) is 0 Å². The topological polar surface area (TPSA) is 0 Å². The quantitative estimate of drug-likeness (QED) is 0.625.